The molecule has 0 amide bonds. The summed E-state index contributed by atoms with van der Waals surface area (Å²) in [5.74, 6) is 0.129. The lowest BCUT2D eigenvalue weighted by molar-refractivity contribution is 0.0985. The van der Waals surface area contributed by atoms with Crippen LogP contribution in [-0.2, 0) is 0 Å². The monoisotopic (exact) mass is 211 g/mol. The maximum atomic E-state index is 11.9. The van der Waals surface area contributed by atoms with Crippen molar-refractivity contribution in [3.8, 4) is 0 Å². The topological polar surface area (TPSA) is 30.0 Å². The number of fused-ring (bicyclic) bond motifs is 1. The first kappa shape index (κ1) is 10.6. The van der Waals surface area contributed by atoms with Crippen molar-refractivity contribution in [3.63, 3.8) is 0 Å². The third-order valence-corrected chi connectivity index (χ3v) is 2.51. The van der Waals surface area contributed by atoms with Crippen LogP contribution in [-0.4, -0.2) is 10.8 Å². The molecule has 0 atom stereocenters. The summed E-state index contributed by atoms with van der Waals surface area (Å²) in [6.45, 7) is 3.62. The van der Waals surface area contributed by atoms with Crippen molar-refractivity contribution in [2.24, 2.45) is 0 Å². The van der Waals surface area contributed by atoms with E-state index in [-0.39, 0.29) is 5.78 Å². The van der Waals surface area contributed by atoms with Gasteiger partial charge in [0.1, 0.15) is 0 Å². The first-order valence-electron chi connectivity index (χ1n) is 5.31. The lowest BCUT2D eigenvalue weighted by Gasteiger charge is -2.03. The summed E-state index contributed by atoms with van der Waals surface area (Å²) < 4.78 is 0. The van der Waals surface area contributed by atoms with Crippen molar-refractivity contribution in [1.82, 2.24) is 4.98 Å². The van der Waals surface area contributed by atoms with E-state index in [9.17, 15) is 4.79 Å². The van der Waals surface area contributed by atoms with Gasteiger partial charge in [-0.2, -0.15) is 0 Å². The summed E-state index contributed by atoms with van der Waals surface area (Å²) >= 11 is 0. The Morgan fingerprint density at radius 3 is 2.94 bits per heavy atom. The molecule has 1 aromatic heterocycles. The number of allylic oxidation sites excluding steroid dienone is 1. The van der Waals surface area contributed by atoms with Crippen LogP contribution in [0, 0.1) is 0 Å². The maximum Gasteiger partial charge on any atom is 0.165 e. The largest absolute Gasteiger partial charge is 0.294 e. The van der Waals surface area contributed by atoms with E-state index in [1.165, 1.54) is 0 Å². The minimum Gasteiger partial charge on any atom is -0.294 e. The highest BCUT2D eigenvalue weighted by Gasteiger charge is 2.09. The number of carbonyl (C=O) groups is 1. The molecule has 0 bridgehead atoms. The molecule has 16 heavy (non-hydrogen) atoms. The van der Waals surface area contributed by atoms with E-state index in [1.54, 1.807) is 12.3 Å². The molecule has 0 saturated carbocycles. The van der Waals surface area contributed by atoms with E-state index in [1.807, 2.05) is 30.3 Å². The van der Waals surface area contributed by atoms with Crippen molar-refractivity contribution in [2.75, 3.05) is 0 Å². The number of pyridine rings is 1. The predicted molar refractivity (Wildman–Crippen MR) is 65.5 cm³/mol. The van der Waals surface area contributed by atoms with Crippen LogP contribution < -0.4 is 0 Å². The Kier molecular flexibility index (Phi) is 3.10. The average Bonchev–Trinajstić information content (AvgIpc) is 2.35. The molecule has 0 fully saturated rings. The fourth-order valence-electron chi connectivity index (χ4n) is 1.70. The lowest BCUT2D eigenvalue weighted by atomic mass is 10.0. The van der Waals surface area contributed by atoms with Gasteiger partial charge < -0.3 is 0 Å². The zero-order chi connectivity index (χ0) is 11.4. The Morgan fingerprint density at radius 2 is 2.12 bits per heavy atom. The second-order valence-corrected chi connectivity index (χ2v) is 3.63. The fraction of sp³-hybridized carbons (Fsp3) is 0.143. The van der Waals surface area contributed by atoms with E-state index in [2.05, 4.69) is 11.6 Å². The molecule has 0 saturated heterocycles. The van der Waals surface area contributed by atoms with Crippen LogP contribution in [0.25, 0.3) is 10.9 Å². The predicted octanol–water partition coefficient (Wildman–Crippen LogP) is 3.38. The highest BCUT2D eigenvalue weighted by atomic mass is 16.1. The van der Waals surface area contributed by atoms with Gasteiger partial charge in [-0.05, 0) is 18.6 Å². The molecule has 0 aliphatic heterocycles. The number of para-hydroxylation sites is 1. The molecule has 2 nitrogen and oxygen atoms in total. The molecule has 1 aromatic carbocycles. The molecule has 0 unspecified atom stereocenters. The van der Waals surface area contributed by atoms with Crippen molar-refractivity contribution in [3.05, 3.63) is 54.7 Å². The van der Waals surface area contributed by atoms with Crippen LogP contribution in [0.15, 0.2) is 49.2 Å². The number of Topliss-reactive ketones (excluding diaryl/α,β-unsaturated/α-hetero) is 1. The zero-order valence-electron chi connectivity index (χ0n) is 9.02. The van der Waals surface area contributed by atoms with Gasteiger partial charge in [0.25, 0.3) is 0 Å². The molecule has 0 spiro atoms. The van der Waals surface area contributed by atoms with Gasteiger partial charge in [-0.3, -0.25) is 9.78 Å². The molecular formula is C14H13NO. The molecule has 0 N–H and O–H groups in total. The Hall–Kier alpha value is -1.96. The van der Waals surface area contributed by atoms with Crippen LogP contribution >= 0.6 is 0 Å². The summed E-state index contributed by atoms with van der Waals surface area (Å²) in [5.41, 5.74) is 1.50. The molecule has 2 rings (SSSR count). The van der Waals surface area contributed by atoms with Crippen LogP contribution in [0.3, 0.4) is 0 Å². The van der Waals surface area contributed by atoms with Crippen molar-refractivity contribution in [2.45, 2.75) is 12.8 Å². The smallest absolute Gasteiger partial charge is 0.165 e. The minimum atomic E-state index is 0.129. The Balaban J connectivity index is 2.44. The van der Waals surface area contributed by atoms with Gasteiger partial charge >= 0.3 is 0 Å². The third-order valence-electron chi connectivity index (χ3n) is 2.51. The van der Waals surface area contributed by atoms with E-state index in [0.29, 0.717) is 18.4 Å². The number of benzene rings is 1. The Bertz CT molecular complexity index is 526. The second kappa shape index (κ2) is 4.71. The number of rotatable bonds is 4. The first-order valence-corrected chi connectivity index (χ1v) is 5.31. The third kappa shape index (κ3) is 2.01. The molecule has 1 heterocycles. The van der Waals surface area contributed by atoms with Crippen LogP contribution in [0.5, 0.6) is 0 Å². The molecule has 2 heteroatoms. The highest BCUT2D eigenvalue weighted by Crippen LogP contribution is 2.17. The second-order valence-electron chi connectivity index (χ2n) is 3.63. The zero-order valence-corrected chi connectivity index (χ0v) is 9.02. The molecule has 0 aliphatic rings. The van der Waals surface area contributed by atoms with E-state index in [4.69, 9.17) is 0 Å². The number of nitrogens with zero attached hydrogens (tertiary/aromatic N) is 1. The van der Waals surface area contributed by atoms with Crippen LogP contribution in [0.1, 0.15) is 23.2 Å². The van der Waals surface area contributed by atoms with Gasteiger partial charge in [0.15, 0.2) is 5.78 Å². The van der Waals surface area contributed by atoms with E-state index in [0.717, 1.165) is 10.9 Å². The summed E-state index contributed by atoms with van der Waals surface area (Å²) in [6, 6.07) is 9.53. The summed E-state index contributed by atoms with van der Waals surface area (Å²) in [6.07, 6.45) is 4.68. The molecule has 2 aromatic rings. The molecule has 80 valence electrons. The first-order chi connectivity index (χ1) is 7.83. The van der Waals surface area contributed by atoms with Gasteiger partial charge in [0, 0.05) is 23.6 Å². The molecular weight excluding hydrogens is 198 g/mol. The summed E-state index contributed by atoms with van der Waals surface area (Å²) in [4.78, 5) is 16.2. The minimum absolute atomic E-state index is 0.129. The van der Waals surface area contributed by atoms with Gasteiger partial charge in [-0.1, -0.05) is 24.3 Å². The average molecular weight is 211 g/mol. The number of hydrogen-bond donors (Lipinski definition) is 0. The molecule has 0 radical (unpaired) electrons. The van der Waals surface area contributed by atoms with Gasteiger partial charge in [0.05, 0.1) is 5.52 Å². The van der Waals surface area contributed by atoms with Gasteiger partial charge in [0.2, 0.25) is 0 Å². The number of ketones is 1. The normalized spacial score (nSPS) is 10.2. The summed E-state index contributed by atoms with van der Waals surface area (Å²) in [5, 5.41) is 1.01. The van der Waals surface area contributed by atoms with Crippen molar-refractivity contribution in [1.29, 1.82) is 0 Å². The van der Waals surface area contributed by atoms with Crippen molar-refractivity contribution < 1.29 is 4.79 Å². The van der Waals surface area contributed by atoms with Crippen LogP contribution in [0.2, 0.25) is 0 Å². The lowest BCUT2D eigenvalue weighted by Crippen LogP contribution is -2.00. The van der Waals surface area contributed by atoms with E-state index >= 15 is 0 Å². The van der Waals surface area contributed by atoms with Crippen LogP contribution in [0.4, 0.5) is 0 Å². The fourth-order valence-corrected chi connectivity index (χ4v) is 1.70. The summed E-state index contributed by atoms with van der Waals surface area (Å²) in [7, 11) is 0. The van der Waals surface area contributed by atoms with Crippen molar-refractivity contribution >= 4 is 16.7 Å². The quantitative estimate of drug-likeness (QED) is 0.573. The van der Waals surface area contributed by atoms with Gasteiger partial charge in [-0.15, -0.1) is 6.58 Å². The number of hydrogen-bond acceptors (Lipinski definition) is 2. The highest BCUT2D eigenvalue weighted by molar-refractivity contribution is 6.06. The maximum absolute atomic E-state index is 11.9. The SMILES string of the molecule is C=CCCC(=O)c1cccc2cccnc12. The number of carbonyl (C=O) groups excluding carboxylic acids is 1. The Morgan fingerprint density at radius 1 is 1.31 bits per heavy atom. The van der Waals surface area contributed by atoms with Gasteiger partial charge in [-0.25, -0.2) is 0 Å². The molecule has 0 aliphatic carbocycles. The standard InChI is InChI=1S/C14H13NO/c1-2-3-9-13(16)12-8-4-6-11-7-5-10-15-14(11)12/h2,4-8,10H,1,3,9H2. The number of aromatic nitrogens is 1. The Labute approximate surface area is 94.6 Å². The van der Waals surface area contributed by atoms with E-state index < -0.39 is 0 Å².